The van der Waals surface area contributed by atoms with Crippen LogP contribution in [0, 0.1) is 11.8 Å². The Bertz CT molecular complexity index is 579. The number of nitrogens with one attached hydrogen (secondary N) is 1. The van der Waals surface area contributed by atoms with Gasteiger partial charge < -0.3 is 22.3 Å². The summed E-state index contributed by atoms with van der Waals surface area (Å²) in [4.78, 5) is 0. The average molecular weight is 347 g/mol. The molecular weight excluding hydrogens is 316 g/mol. The molecule has 0 heterocycles. The molecule has 9 N–H and O–H groups in total. The summed E-state index contributed by atoms with van der Waals surface area (Å²) < 4.78 is 0. The lowest BCUT2D eigenvalue weighted by molar-refractivity contribution is -0.266. The smallest absolute Gasteiger partial charge is 0.0949 e. The Morgan fingerprint density at radius 2 is 1.44 bits per heavy atom. The molecule has 0 atom stereocenters. The SMILES string of the molecule is Nc1c([O-])ccc(N(N)NC2CCC(C3CCC(N)CC3)CC2)c1N. The van der Waals surface area contributed by atoms with Crippen molar-refractivity contribution in [3.63, 3.8) is 0 Å². The van der Waals surface area contributed by atoms with Crippen LogP contribution in [0.3, 0.4) is 0 Å². The molecule has 3 rings (SSSR count). The Balaban J connectivity index is 1.51. The van der Waals surface area contributed by atoms with Gasteiger partial charge in [0.15, 0.2) is 0 Å². The molecule has 0 spiro atoms. The summed E-state index contributed by atoms with van der Waals surface area (Å²) in [5.74, 6) is 7.49. The fraction of sp³-hybridized carbons (Fsp3) is 0.667. The second kappa shape index (κ2) is 7.68. The van der Waals surface area contributed by atoms with Crippen LogP contribution >= 0.6 is 0 Å². The lowest BCUT2D eigenvalue weighted by Gasteiger charge is -2.38. The van der Waals surface area contributed by atoms with E-state index in [2.05, 4.69) is 5.43 Å². The van der Waals surface area contributed by atoms with E-state index < -0.39 is 0 Å². The molecular formula is C18H31N6O-. The highest BCUT2D eigenvalue weighted by molar-refractivity contribution is 5.82. The zero-order valence-corrected chi connectivity index (χ0v) is 14.8. The van der Waals surface area contributed by atoms with Gasteiger partial charge in [0.1, 0.15) is 0 Å². The van der Waals surface area contributed by atoms with Gasteiger partial charge in [-0.2, -0.15) is 0 Å². The van der Waals surface area contributed by atoms with E-state index in [4.69, 9.17) is 23.0 Å². The van der Waals surface area contributed by atoms with Gasteiger partial charge in [0.25, 0.3) is 0 Å². The van der Waals surface area contributed by atoms with Crippen molar-refractivity contribution in [2.24, 2.45) is 23.4 Å². The van der Waals surface area contributed by atoms with Crippen LogP contribution in [0.1, 0.15) is 51.4 Å². The van der Waals surface area contributed by atoms with Gasteiger partial charge >= 0.3 is 0 Å². The first-order valence-corrected chi connectivity index (χ1v) is 9.37. The average Bonchev–Trinajstić information content (AvgIpc) is 2.61. The fourth-order valence-electron chi connectivity index (χ4n) is 4.42. The number of hydrogen-bond donors (Lipinski definition) is 5. The van der Waals surface area contributed by atoms with E-state index in [0.29, 0.717) is 17.8 Å². The minimum atomic E-state index is -0.276. The molecule has 0 bridgehead atoms. The molecule has 140 valence electrons. The number of hydrogen-bond acceptors (Lipinski definition) is 7. The molecule has 0 aromatic heterocycles. The quantitative estimate of drug-likeness (QED) is 0.313. The Kier molecular flexibility index (Phi) is 5.56. The molecule has 0 unspecified atom stereocenters. The molecule has 0 amide bonds. The van der Waals surface area contributed by atoms with Crippen molar-refractivity contribution in [2.45, 2.75) is 63.5 Å². The first kappa shape index (κ1) is 18.1. The Morgan fingerprint density at radius 1 is 0.880 bits per heavy atom. The van der Waals surface area contributed by atoms with Crippen LogP contribution in [0.5, 0.6) is 5.75 Å². The minimum absolute atomic E-state index is 0.0500. The second-order valence-corrected chi connectivity index (χ2v) is 7.70. The summed E-state index contributed by atoms with van der Waals surface area (Å²) in [7, 11) is 0. The van der Waals surface area contributed by atoms with Crippen LogP contribution in [0.2, 0.25) is 0 Å². The van der Waals surface area contributed by atoms with Gasteiger partial charge in [-0.25, -0.2) is 16.4 Å². The zero-order valence-electron chi connectivity index (χ0n) is 14.8. The number of nitrogen functional groups attached to an aromatic ring is 2. The van der Waals surface area contributed by atoms with E-state index in [0.717, 1.165) is 24.7 Å². The topological polar surface area (TPSA) is 142 Å². The predicted octanol–water partition coefficient (Wildman–Crippen LogP) is 1.19. The van der Waals surface area contributed by atoms with Crippen molar-refractivity contribution in [2.75, 3.05) is 16.6 Å². The van der Waals surface area contributed by atoms with Crippen LogP contribution < -0.4 is 38.7 Å². The van der Waals surface area contributed by atoms with Crippen molar-refractivity contribution < 1.29 is 5.11 Å². The first-order valence-electron chi connectivity index (χ1n) is 9.37. The van der Waals surface area contributed by atoms with Crippen LogP contribution in [-0.2, 0) is 0 Å². The van der Waals surface area contributed by atoms with Crippen LogP contribution in [0.4, 0.5) is 17.1 Å². The number of nitrogens with zero attached hydrogens (tertiary/aromatic N) is 1. The monoisotopic (exact) mass is 347 g/mol. The van der Waals surface area contributed by atoms with Crippen LogP contribution in [0.15, 0.2) is 12.1 Å². The van der Waals surface area contributed by atoms with Gasteiger partial charge in [-0.1, -0.05) is 11.8 Å². The van der Waals surface area contributed by atoms with Crippen molar-refractivity contribution in [3.8, 4) is 5.75 Å². The van der Waals surface area contributed by atoms with Crippen molar-refractivity contribution in [1.29, 1.82) is 0 Å². The lowest BCUT2D eigenvalue weighted by atomic mass is 9.72. The van der Waals surface area contributed by atoms with Gasteiger partial charge in [0.05, 0.1) is 11.4 Å². The number of benzene rings is 1. The molecule has 7 nitrogen and oxygen atoms in total. The molecule has 2 saturated carbocycles. The van der Waals surface area contributed by atoms with E-state index >= 15 is 0 Å². The minimum Gasteiger partial charge on any atom is -0.871 e. The third-order valence-corrected chi connectivity index (χ3v) is 6.06. The molecule has 0 radical (unpaired) electrons. The molecule has 1 aromatic rings. The summed E-state index contributed by atoms with van der Waals surface area (Å²) in [6.45, 7) is 0. The summed E-state index contributed by atoms with van der Waals surface area (Å²) in [5, 5.41) is 12.9. The third kappa shape index (κ3) is 4.11. The fourth-order valence-corrected chi connectivity index (χ4v) is 4.42. The molecule has 2 fully saturated rings. The van der Waals surface area contributed by atoms with Gasteiger partial charge in [-0.15, -0.1) is 0 Å². The first-order chi connectivity index (χ1) is 12.0. The van der Waals surface area contributed by atoms with Crippen molar-refractivity contribution >= 4 is 17.1 Å². The molecule has 1 aromatic carbocycles. The van der Waals surface area contributed by atoms with Crippen LogP contribution in [0.25, 0.3) is 0 Å². The van der Waals surface area contributed by atoms with Gasteiger partial charge in [-0.05, 0) is 69.3 Å². The van der Waals surface area contributed by atoms with E-state index in [-0.39, 0.29) is 17.1 Å². The molecule has 0 saturated heterocycles. The summed E-state index contributed by atoms with van der Waals surface area (Å²) in [6.07, 6.45) is 9.55. The van der Waals surface area contributed by atoms with Gasteiger partial charge in [-0.3, -0.25) is 0 Å². The third-order valence-electron chi connectivity index (χ3n) is 6.06. The maximum Gasteiger partial charge on any atom is 0.0949 e. The molecule has 2 aliphatic rings. The summed E-state index contributed by atoms with van der Waals surface area (Å²) in [6, 6.07) is 3.74. The standard InChI is InChI=1S/C18H32N6O/c19-13-5-1-11(2-6-13)12-3-7-14(8-4-12)23-24(22)15-9-10-16(25)18(21)17(15)20/h9-14,23,25H,1-8,19-22H2/p-1. The highest BCUT2D eigenvalue weighted by Gasteiger charge is 2.30. The molecule has 7 heteroatoms. The number of nitrogens with two attached hydrogens (primary N) is 4. The lowest BCUT2D eigenvalue weighted by Crippen LogP contribution is -2.51. The summed E-state index contributed by atoms with van der Waals surface area (Å²) >= 11 is 0. The highest BCUT2D eigenvalue weighted by atomic mass is 16.3. The van der Waals surface area contributed by atoms with Crippen LogP contribution in [-0.4, -0.2) is 12.1 Å². The van der Waals surface area contributed by atoms with E-state index in [1.165, 1.54) is 49.7 Å². The molecule has 0 aliphatic heterocycles. The predicted molar refractivity (Wildman–Crippen MR) is 100 cm³/mol. The maximum absolute atomic E-state index is 11.5. The molecule has 2 aliphatic carbocycles. The second-order valence-electron chi connectivity index (χ2n) is 7.70. The van der Waals surface area contributed by atoms with Crippen molar-refractivity contribution in [1.82, 2.24) is 5.43 Å². The Hall–Kier alpha value is -1.70. The normalized spacial score (nSPS) is 30.2. The molecule has 25 heavy (non-hydrogen) atoms. The van der Waals surface area contributed by atoms with Gasteiger partial charge in [0, 0.05) is 17.8 Å². The van der Waals surface area contributed by atoms with Crippen molar-refractivity contribution in [3.05, 3.63) is 12.1 Å². The van der Waals surface area contributed by atoms with Gasteiger partial charge in [0.2, 0.25) is 0 Å². The van der Waals surface area contributed by atoms with E-state index in [1.807, 2.05) is 0 Å². The van der Waals surface area contributed by atoms with E-state index in [9.17, 15) is 5.11 Å². The number of anilines is 3. The Labute approximate surface area is 149 Å². The highest BCUT2D eigenvalue weighted by Crippen LogP contribution is 2.38. The number of rotatable bonds is 4. The summed E-state index contributed by atoms with van der Waals surface area (Å²) in [5.41, 5.74) is 21.8. The Morgan fingerprint density at radius 3 is 2.04 bits per heavy atom. The van der Waals surface area contributed by atoms with E-state index in [1.54, 1.807) is 6.07 Å². The number of hydrazine groups is 2. The largest absolute Gasteiger partial charge is 0.871 e. The zero-order chi connectivity index (χ0) is 18.0. The maximum atomic E-state index is 11.5.